The van der Waals surface area contributed by atoms with Crippen molar-refractivity contribution in [1.82, 2.24) is 35.6 Å². The fraction of sp³-hybridized carbons (Fsp3) is 0.467. The molecule has 4 rings (SSSR count). The highest BCUT2D eigenvalue weighted by Gasteiger charge is 2.16. The summed E-state index contributed by atoms with van der Waals surface area (Å²) in [6, 6.07) is 0.265. The molecular weight excluding hydrogens is 326 g/mol. The first-order valence-corrected chi connectivity index (χ1v) is 8.94. The highest BCUT2D eigenvalue weighted by atomic mass is 32.1. The number of nitrogens with one attached hydrogen (secondary N) is 3. The van der Waals surface area contributed by atoms with Crippen molar-refractivity contribution in [3.63, 3.8) is 0 Å². The molecule has 0 spiro atoms. The molecule has 1 aliphatic rings. The molecule has 9 heteroatoms. The van der Waals surface area contributed by atoms with Crippen molar-refractivity contribution in [3.05, 3.63) is 29.2 Å². The highest BCUT2D eigenvalue weighted by molar-refractivity contribution is 7.16. The number of nitrogens with zero attached hydrogens (tertiary/aromatic N) is 4. The Morgan fingerprint density at radius 3 is 3.17 bits per heavy atom. The maximum Gasteiger partial charge on any atom is 0.242 e. The van der Waals surface area contributed by atoms with Gasteiger partial charge in [0, 0.05) is 24.9 Å². The van der Waals surface area contributed by atoms with E-state index in [0.717, 1.165) is 47.5 Å². The van der Waals surface area contributed by atoms with E-state index < -0.39 is 0 Å². The minimum Gasteiger partial charge on any atom is -0.352 e. The van der Waals surface area contributed by atoms with Crippen molar-refractivity contribution in [2.75, 3.05) is 13.1 Å². The van der Waals surface area contributed by atoms with Gasteiger partial charge in [-0.25, -0.2) is 9.67 Å². The van der Waals surface area contributed by atoms with Crippen LogP contribution in [0.3, 0.4) is 0 Å². The number of fused-ring (bicyclic) bond motifs is 1. The fourth-order valence-electron chi connectivity index (χ4n) is 3.01. The second-order valence-corrected chi connectivity index (χ2v) is 6.87. The number of amides is 1. The third-order valence-corrected chi connectivity index (χ3v) is 5.11. The Morgan fingerprint density at radius 2 is 2.29 bits per heavy atom. The molecule has 4 heterocycles. The van der Waals surface area contributed by atoms with Gasteiger partial charge in [-0.15, -0.1) is 16.4 Å². The molecule has 1 aliphatic heterocycles. The predicted molar refractivity (Wildman–Crippen MR) is 90.8 cm³/mol. The smallest absolute Gasteiger partial charge is 0.242 e. The summed E-state index contributed by atoms with van der Waals surface area (Å²) in [5.74, 6) is -0.00941. The number of H-pyrrole nitrogens is 1. The lowest BCUT2D eigenvalue weighted by molar-refractivity contribution is -0.122. The molecule has 3 aromatic heterocycles. The average Bonchev–Trinajstić information content (AvgIpc) is 3.28. The number of aromatic nitrogens is 5. The number of piperidine rings is 1. The maximum atomic E-state index is 12.1. The Kier molecular flexibility index (Phi) is 4.26. The number of hydrogen-bond acceptors (Lipinski definition) is 6. The van der Waals surface area contributed by atoms with Gasteiger partial charge in [0.05, 0.1) is 15.9 Å². The molecule has 0 aromatic carbocycles. The van der Waals surface area contributed by atoms with E-state index in [0.29, 0.717) is 6.42 Å². The van der Waals surface area contributed by atoms with Crippen molar-refractivity contribution in [2.24, 2.45) is 0 Å². The molecule has 126 valence electrons. The SMILES string of the molecule is O=C(Cn1cc(Cc2c[nH]c3ncsc23)nn1)NC1CCNCC1. The van der Waals surface area contributed by atoms with E-state index in [-0.39, 0.29) is 18.5 Å². The Labute approximate surface area is 142 Å². The minimum absolute atomic E-state index is 0.00941. The first-order chi connectivity index (χ1) is 11.8. The van der Waals surface area contributed by atoms with Crippen molar-refractivity contribution >= 4 is 27.6 Å². The van der Waals surface area contributed by atoms with Gasteiger partial charge in [0.1, 0.15) is 12.2 Å². The van der Waals surface area contributed by atoms with Gasteiger partial charge in [0.25, 0.3) is 0 Å². The van der Waals surface area contributed by atoms with Crippen LogP contribution in [0.25, 0.3) is 10.3 Å². The van der Waals surface area contributed by atoms with Crippen LogP contribution >= 0.6 is 11.3 Å². The van der Waals surface area contributed by atoms with Crippen LogP contribution in [0.15, 0.2) is 17.9 Å². The molecule has 24 heavy (non-hydrogen) atoms. The first kappa shape index (κ1) is 15.3. The predicted octanol–water partition coefficient (Wildman–Crippen LogP) is 0.675. The molecule has 0 unspecified atom stereocenters. The first-order valence-electron chi connectivity index (χ1n) is 8.06. The summed E-state index contributed by atoms with van der Waals surface area (Å²) in [7, 11) is 0. The largest absolute Gasteiger partial charge is 0.352 e. The summed E-state index contributed by atoms with van der Waals surface area (Å²) in [6.07, 6.45) is 6.43. The number of rotatable bonds is 5. The standard InChI is InChI=1S/C15H19N7OS/c23-13(19-11-1-3-16-4-2-11)8-22-7-12(20-21-22)5-10-6-17-15-14(10)24-9-18-15/h6-7,9,11,16-17H,1-5,8H2,(H,19,23). The molecule has 0 radical (unpaired) electrons. The number of carbonyl (C=O) groups excluding carboxylic acids is 1. The van der Waals surface area contributed by atoms with E-state index in [9.17, 15) is 4.79 Å². The lowest BCUT2D eigenvalue weighted by atomic mass is 10.1. The summed E-state index contributed by atoms with van der Waals surface area (Å²) >= 11 is 1.61. The van der Waals surface area contributed by atoms with Gasteiger partial charge in [-0.1, -0.05) is 5.21 Å². The van der Waals surface area contributed by atoms with Gasteiger partial charge in [0.15, 0.2) is 0 Å². The molecule has 0 aliphatic carbocycles. The summed E-state index contributed by atoms with van der Waals surface area (Å²) in [5.41, 5.74) is 4.73. The highest BCUT2D eigenvalue weighted by Crippen LogP contribution is 2.23. The van der Waals surface area contributed by atoms with E-state index in [2.05, 4.69) is 30.9 Å². The van der Waals surface area contributed by atoms with E-state index in [1.54, 1.807) is 16.0 Å². The second kappa shape index (κ2) is 6.70. The van der Waals surface area contributed by atoms with Gasteiger partial charge in [-0.05, 0) is 31.5 Å². The van der Waals surface area contributed by atoms with Crippen molar-refractivity contribution in [1.29, 1.82) is 0 Å². The van der Waals surface area contributed by atoms with E-state index in [1.165, 1.54) is 0 Å². The number of carbonyl (C=O) groups is 1. The van der Waals surface area contributed by atoms with Crippen LogP contribution in [0.1, 0.15) is 24.1 Å². The van der Waals surface area contributed by atoms with Crippen molar-refractivity contribution < 1.29 is 4.79 Å². The average molecular weight is 345 g/mol. The van der Waals surface area contributed by atoms with Gasteiger partial charge >= 0.3 is 0 Å². The molecule has 8 nitrogen and oxygen atoms in total. The van der Waals surface area contributed by atoms with Crippen LogP contribution in [-0.4, -0.2) is 50.0 Å². The van der Waals surface area contributed by atoms with E-state index >= 15 is 0 Å². The van der Waals surface area contributed by atoms with Gasteiger partial charge in [0.2, 0.25) is 5.91 Å². The van der Waals surface area contributed by atoms with Crippen molar-refractivity contribution in [3.8, 4) is 0 Å². The summed E-state index contributed by atoms with van der Waals surface area (Å²) in [4.78, 5) is 19.5. The van der Waals surface area contributed by atoms with Crippen LogP contribution in [0.2, 0.25) is 0 Å². The van der Waals surface area contributed by atoms with Crippen LogP contribution in [-0.2, 0) is 17.8 Å². The summed E-state index contributed by atoms with van der Waals surface area (Å²) < 4.78 is 2.75. The quantitative estimate of drug-likeness (QED) is 0.631. The molecule has 1 saturated heterocycles. The maximum absolute atomic E-state index is 12.1. The lowest BCUT2D eigenvalue weighted by Crippen LogP contribution is -2.43. The topological polar surface area (TPSA) is 101 Å². The zero-order chi connectivity index (χ0) is 16.4. The van der Waals surface area contributed by atoms with Crippen LogP contribution < -0.4 is 10.6 Å². The molecule has 1 fully saturated rings. The number of hydrogen-bond donors (Lipinski definition) is 3. The van der Waals surface area contributed by atoms with Gasteiger partial charge in [-0.2, -0.15) is 0 Å². The Hall–Kier alpha value is -2.26. The zero-order valence-electron chi connectivity index (χ0n) is 13.2. The number of thiazole rings is 1. The zero-order valence-corrected chi connectivity index (χ0v) is 14.0. The molecule has 0 bridgehead atoms. The van der Waals surface area contributed by atoms with Crippen LogP contribution in [0, 0.1) is 0 Å². The molecule has 0 saturated carbocycles. The Balaban J connectivity index is 1.36. The normalized spacial score (nSPS) is 15.8. The molecule has 3 aromatic rings. The number of aromatic amines is 1. The third kappa shape index (κ3) is 3.31. The third-order valence-electron chi connectivity index (χ3n) is 4.21. The van der Waals surface area contributed by atoms with Gasteiger partial charge < -0.3 is 15.6 Å². The van der Waals surface area contributed by atoms with Gasteiger partial charge in [-0.3, -0.25) is 4.79 Å². The molecule has 0 atom stereocenters. The van der Waals surface area contributed by atoms with Crippen LogP contribution in [0.5, 0.6) is 0 Å². The molecule has 3 N–H and O–H groups in total. The van der Waals surface area contributed by atoms with Crippen LogP contribution in [0.4, 0.5) is 0 Å². The summed E-state index contributed by atoms with van der Waals surface area (Å²) in [6.45, 7) is 2.13. The monoisotopic (exact) mass is 345 g/mol. The summed E-state index contributed by atoms with van der Waals surface area (Å²) in [5, 5.41) is 14.6. The minimum atomic E-state index is -0.00941. The molecule has 1 amide bonds. The lowest BCUT2D eigenvalue weighted by Gasteiger charge is -2.23. The Bertz CT molecular complexity index is 830. The van der Waals surface area contributed by atoms with E-state index in [4.69, 9.17) is 0 Å². The molecular formula is C15H19N7OS. The fourth-order valence-corrected chi connectivity index (χ4v) is 3.78. The Morgan fingerprint density at radius 1 is 1.42 bits per heavy atom. The second-order valence-electron chi connectivity index (χ2n) is 6.02. The van der Waals surface area contributed by atoms with Crippen molar-refractivity contribution in [2.45, 2.75) is 31.8 Å². The van der Waals surface area contributed by atoms with E-state index in [1.807, 2.05) is 17.9 Å².